The lowest BCUT2D eigenvalue weighted by atomic mass is 9.99. The van der Waals surface area contributed by atoms with E-state index < -0.39 is 0 Å². The van der Waals surface area contributed by atoms with Crippen LogP contribution in [0.1, 0.15) is 34.8 Å². The smallest absolute Gasteiger partial charge is 0.190 e. The molecule has 4 heteroatoms. The number of hydrogen-bond donors (Lipinski definition) is 0. The number of carbonyl (C=O) groups is 1. The molecular formula is C24H24NO3+. The van der Waals surface area contributed by atoms with Crippen LogP contribution >= 0.6 is 0 Å². The molecule has 0 amide bonds. The largest absolute Gasteiger partial charge is 0.493 e. The number of methoxy groups -OCH3 is 2. The summed E-state index contributed by atoms with van der Waals surface area (Å²) in [5.74, 6) is 1.35. The molecule has 4 nitrogen and oxygen atoms in total. The van der Waals surface area contributed by atoms with Gasteiger partial charge in [-0.25, -0.2) is 4.58 Å². The summed E-state index contributed by atoms with van der Waals surface area (Å²) < 4.78 is 13.0. The predicted octanol–water partition coefficient (Wildman–Crippen LogP) is 4.33. The van der Waals surface area contributed by atoms with Crippen molar-refractivity contribution in [3.63, 3.8) is 0 Å². The molecule has 2 aliphatic rings. The van der Waals surface area contributed by atoms with E-state index in [1.807, 2.05) is 12.1 Å². The van der Waals surface area contributed by atoms with Gasteiger partial charge < -0.3 is 9.47 Å². The Labute approximate surface area is 165 Å². The number of hydrogen-bond acceptors (Lipinski definition) is 3. The standard InChI is InChI=1S/C24H24NO3/c1-16-11-18(9-10-25(16)15-17-7-5-4-6-8-17)20-12-19-13-22(27-2)23(28-3)14-21(19)24(20)26/h4-8,10-11,13-14H,9,12,15H2,1-3H3/q+1. The molecule has 28 heavy (non-hydrogen) atoms. The van der Waals surface area contributed by atoms with Gasteiger partial charge in [-0.2, -0.15) is 0 Å². The van der Waals surface area contributed by atoms with Crippen molar-refractivity contribution in [3.05, 3.63) is 82.1 Å². The summed E-state index contributed by atoms with van der Waals surface area (Å²) in [5.41, 5.74) is 6.12. The van der Waals surface area contributed by atoms with Crippen LogP contribution in [0.4, 0.5) is 0 Å². The first-order chi connectivity index (χ1) is 13.6. The monoisotopic (exact) mass is 374 g/mol. The molecule has 0 radical (unpaired) electrons. The fraction of sp³-hybridized carbons (Fsp3) is 0.250. The van der Waals surface area contributed by atoms with Crippen LogP contribution in [0, 0.1) is 0 Å². The molecular weight excluding hydrogens is 350 g/mol. The lowest BCUT2D eigenvalue weighted by molar-refractivity contribution is -0.491. The second-order valence-corrected chi connectivity index (χ2v) is 7.16. The minimum absolute atomic E-state index is 0.0971. The number of ether oxygens (including phenoxy) is 2. The molecule has 0 unspecified atom stereocenters. The van der Waals surface area contributed by atoms with Crippen molar-refractivity contribution in [1.29, 1.82) is 0 Å². The van der Waals surface area contributed by atoms with Crippen molar-refractivity contribution in [2.24, 2.45) is 0 Å². The van der Waals surface area contributed by atoms with E-state index in [2.05, 4.69) is 48.1 Å². The highest BCUT2D eigenvalue weighted by Crippen LogP contribution is 2.38. The number of allylic oxidation sites excluding steroid dienone is 4. The normalized spacial score (nSPS) is 18.5. The number of nitrogens with zero attached hydrogens (tertiary/aromatic N) is 1. The molecule has 1 heterocycles. The van der Waals surface area contributed by atoms with Gasteiger partial charge in [0.15, 0.2) is 29.5 Å². The van der Waals surface area contributed by atoms with E-state index in [4.69, 9.17) is 9.47 Å². The van der Waals surface area contributed by atoms with Crippen molar-refractivity contribution < 1.29 is 18.8 Å². The Kier molecular flexibility index (Phi) is 4.86. The Hall–Kier alpha value is -3.14. The van der Waals surface area contributed by atoms with Crippen molar-refractivity contribution in [2.75, 3.05) is 14.2 Å². The van der Waals surface area contributed by atoms with Crippen LogP contribution in [-0.4, -0.2) is 30.8 Å². The second-order valence-electron chi connectivity index (χ2n) is 7.16. The highest BCUT2D eigenvalue weighted by molar-refractivity contribution is 6.14. The topological polar surface area (TPSA) is 38.5 Å². The Morgan fingerprint density at radius 3 is 2.43 bits per heavy atom. The molecule has 2 aromatic rings. The Bertz CT molecular complexity index is 1030. The Morgan fingerprint density at radius 1 is 1.04 bits per heavy atom. The third kappa shape index (κ3) is 3.26. The lowest BCUT2D eigenvalue weighted by Gasteiger charge is -2.11. The van der Waals surface area contributed by atoms with Crippen LogP contribution in [0.2, 0.25) is 0 Å². The number of carbonyl (C=O) groups excluding carboxylic acids is 1. The fourth-order valence-electron chi connectivity index (χ4n) is 3.90. The zero-order valence-corrected chi connectivity index (χ0v) is 16.5. The average molecular weight is 374 g/mol. The van der Waals surface area contributed by atoms with Gasteiger partial charge in [-0.1, -0.05) is 30.3 Å². The zero-order chi connectivity index (χ0) is 19.7. The molecule has 142 valence electrons. The van der Waals surface area contributed by atoms with Gasteiger partial charge in [0, 0.05) is 36.1 Å². The van der Waals surface area contributed by atoms with Crippen LogP contribution in [0.15, 0.2) is 65.4 Å². The predicted molar refractivity (Wildman–Crippen MR) is 109 cm³/mol. The number of benzene rings is 2. The van der Waals surface area contributed by atoms with Gasteiger partial charge in [-0.05, 0) is 23.3 Å². The highest BCUT2D eigenvalue weighted by atomic mass is 16.5. The second kappa shape index (κ2) is 7.47. The number of rotatable bonds is 4. The van der Waals surface area contributed by atoms with Crippen molar-refractivity contribution in [3.8, 4) is 11.5 Å². The molecule has 0 atom stereocenters. The van der Waals surface area contributed by atoms with E-state index in [1.165, 1.54) is 5.56 Å². The van der Waals surface area contributed by atoms with Gasteiger partial charge >= 0.3 is 0 Å². The fourth-order valence-corrected chi connectivity index (χ4v) is 3.90. The molecule has 0 spiro atoms. The van der Waals surface area contributed by atoms with Crippen LogP contribution in [-0.2, 0) is 13.0 Å². The molecule has 1 aliphatic carbocycles. The molecule has 0 aromatic heterocycles. The third-order valence-corrected chi connectivity index (χ3v) is 5.45. The minimum atomic E-state index is 0.0971. The minimum Gasteiger partial charge on any atom is -0.493 e. The van der Waals surface area contributed by atoms with Crippen molar-refractivity contribution in [1.82, 2.24) is 0 Å². The quantitative estimate of drug-likeness (QED) is 0.591. The summed E-state index contributed by atoms with van der Waals surface area (Å²) in [4.78, 5) is 13.0. The van der Waals surface area contributed by atoms with Crippen LogP contribution in [0.25, 0.3) is 0 Å². The molecule has 4 rings (SSSR count). The highest BCUT2D eigenvalue weighted by Gasteiger charge is 2.30. The number of fused-ring (bicyclic) bond motifs is 1. The molecule has 2 aromatic carbocycles. The first kappa shape index (κ1) is 18.2. The summed E-state index contributed by atoms with van der Waals surface area (Å²) in [6.07, 6.45) is 5.73. The SMILES string of the molecule is COc1cc2c(cc1OC)C(=O)C(=C1C=C(C)[N+](Cc3ccccc3)=CC1)C2. The van der Waals surface area contributed by atoms with E-state index in [-0.39, 0.29) is 5.78 Å². The summed E-state index contributed by atoms with van der Waals surface area (Å²) in [6, 6.07) is 14.1. The van der Waals surface area contributed by atoms with Crippen LogP contribution in [0.3, 0.4) is 0 Å². The molecule has 0 saturated heterocycles. The Balaban J connectivity index is 1.62. The number of ketones is 1. The maximum atomic E-state index is 13.0. The van der Waals surface area contributed by atoms with E-state index in [9.17, 15) is 4.79 Å². The molecule has 1 aliphatic heterocycles. The van der Waals surface area contributed by atoms with Crippen LogP contribution in [0.5, 0.6) is 11.5 Å². The maximum Gasteiger partial charge on any atom is 0.190 e. The molecule has 0 bridgehead atoms. The van der Waals surface area contributed by atoms with Gasteiger partial charge in [0.25, 0.3) is 0 Å². The summed E-state index contributed by atoms with van der Waals surface area (Å²) in [6.45, 7) is 2.94. The Morgan fingerprint density at radius 2 is 1.75 bits per heavy atom. The summed E-state index contributed by atoms with van der Waals surface area (Å²) in [7, 11) is 3.20. The van der Waals surface area contributed by atoms with Gasteiger partial charge in [0.2, 0.25) is 0 Å². The number of Topliss-reactive ketones (excluding diaryl/α,β-unsaturated/α-hetero) is 1. The first-order valence-corrected chi connectivity index (χ1v) is 9.44. The summed E-state index contributed by atoms with van der Waals surface area (Å²) >= 11 is 0. The van der Waals surface area contributed by atoms with E-state index in [0.717, 1.165) is 40.9 Å². The van der Waals surface area contributed by atoms with E-state index in [0.29, 0.717) is 17.9 Å². The van der Waals surface area contributed by atoms with E-state index >= 15 is 0 Å². The average Bonchev–Trinajstić information content (AvgIpc) is 3.05. The zero-order valence-electron chi connectivity index (χ0n) is 16.5. The van der Waals surface area contributed by atoms with Gasteiger partial charge in [-0.15, -0.1) is 0 Å². The lowest BCUT2D eigenvalue weighted by Crippen LogP contribution is -2.16. The van der Waals surface area contributed by atoms with Crippen molar-refractivity contribution in [2.45, 2.75) is 26.3 Å². The molecule has 0 saturated carbocycles. The van der Waals surface area contributed by atoms with Gasteiger partial charge in [-0.3, -0.25) is 4.79 Å². The summed E-state index contributed by atoms with van der Waals surface area (Å²) in [5, 5.41) is 0. The maximum absolute atomic E-state index is 13.0. The van der Waals surface area contributed by atoms with Gasteiger partial charge in [0.1, 0.15) is 6.21 Å². The first-order valence-electron chi connectivity index (χ1n) is 9.44. The van der Waals surface area contributed by atoms with E-state index in [1.54, 1.807) is 20.3 Å². The molecule has 0 N–H and O–H groups in total. The van der Waals surface area contributed by atoms with Crippen molar-refractivity contribution >= 4 is 12.0 Å². The molecule has 0 fully saturated rings. The van der Waals surface area contributed by atoms with Crippen LogP contribution < -0.4 is 9.47 Å². The third-order valence-electron chi connectivity index (χ3n) is 5.45. The van der Waals surface area contributed by atoms with Gasteiger partial charge in [0.05, 0.1) is 20.6 Å².